The Labute approximate surface area is 99.9 Å². The first-order valence-electron chi connectivity index (χ1n) is 5.11. The lowest BCUT2D eigenvalue weighted by atomic mass is 10.2. The van der Waals surface area contributed by atoms with Crippen LogP contribution in [-0.4, -0.2) is 18.2 Å². The molecule has 1 aromatic carbocycles. The molecule has 0 bridgehead atoms. The molecule has 90 valence electrons. The maximum absolute atomic E-state index is 10.7. The van der Waals surface area contributed by atoms with Crippen LogP contribution in [0.5, 0.6) is 0 Å². The van der Waals surface area contributed by atoms with Crippen molar-refractivity contribution in [1.82, 2.24) is 5.43 Å². The van der Waals surface area contributed by atoms with Crippen molar-refractivity contribution in [3.05, 3.63) is 42.0 Å². The highest BCUT2D eigenvalue weighted by molar-refractivity contribution is 5.95. The van der Waals surface area contributed by atoms with Gasteiger partial charge in [0, 0.05) is 0 Å². The summed E-state index contributed by atoms with van der Waals surface area (Å²) < 4.78 is 0. The van der Waals surface area contributed by atoms with Gasteiger partial charge in [0.05, 0.1) is 5.71 Å². The molecule has 0 spiro atoms. The topological polar surface area (TPSA) is 76.7 Å². The van der Waals surface area contributed by atoms with E-state index in [2.05, 4.69) is 5.16 Å². The fourth-order valence-corrected chi connectivity index (χ4v) is 1.05. The molecular weight excluding hydrogens is 218 g/mol. The molecule has 0 aliphatic rings. The van der Waals surface area contributed by atoms with Gasteiger partial charge in [-0.05, 0) is 18.6 Å². The minimum absolute atomic E-state index is 0.187. The molecule has 0 radical (unpaired) electrons. The molecule has 1 rings (SSSR count). The number of hydrogen-bond acceptors (Lipinski definition) is 4. The highest BCUT2D eigenvalue weighted by Crippen LogP contribution is 2.01. The van der Waals surface area contributed by atoms with Gasteiger partial charge in [-0.15, -0.1) is 0 Å². The van der Waals surface area contributed by atoms with Crippen LogP contribution in [0, 0.1) is 0 Å². The van der Waals surface area contributed by atoms with E-state index >= 15 is 0 Å². The van der Waals surface area contributed by atoms with Crippen molar-refractivity contribution in [3.8, 4) is 0 Å². The molecule has 0 saturated heterocycles. The van der Waals surface area contributed by atoms with E-state index in [1.165, 1.54) is 0 Å². The molecule has 5 nitrogen and oxygen atoms in total. The minimum atomic E-state index is -0.423. The number of carbonyl (C=O) groups excluding carboxylic acids is 1. The zero-order valence-electron chi connectivity index (χ0n) is 9.59. The van der Waals surface area contributed by atoms with Gasteiger partial charge in [0.2, 0.25) is 0 Å². The summed E-state index contributed by atoms with van der Waals surface area (Å²) in [7, 11) is 0. The number of nitrogens with two attached hydrogens (primary N) is 1. The Morgan fingerprint density at radius 1 is 1.47 bits per heavy atom. The average Bonchev–Trinajstić information content (AvgIpc) is 2.37. The maximum atomic E-state index is 10.7. The van der Waals surface area contributed by atoms with E-state index in [1.54, 1.807) is 13.0 Å². The molecule has 0 fully saturated rings. The zero-order chi connectivity index (χ0) is 12.5. The van der Waals surface area contributed by atoms with Crippen LogP contribution in [0.4, 0.5) is 0 Å². The second kappa shape index (κ2) is 7.19. The van der Waals surface area contributed by atoms with Gasteiger partial charge in [0.15, 0.2) is 6.61 Å². The summed E-state index contributed by atoms with van der Waals surface area (Å²) >= 11 is 0. The fraction of sp³-hybridized carbons (Fsp3) is 0.167. The summed E-state index contributed by atoms with van der Waals surface area (Å²) in [5.41, 5.74) is 3.68. The van der Waals surface area contributed by atoms with E-state index in [9.17, 15) is 4.79 Å². The van der Waals surface area contributed by atoms with Crippen molar-refractivity contribution in [3.63, 3.8) is 0 Å². The Morgan fingerprint density at radius 2 is 2.18 bits per heavy atom. The number of rotatable bonds is 5. The van der Waals surface area contributed by atoms with Crippen LogP contribution in [0.1, 0.15) is 12.5 Å². The van der Waals surface area contributed by atoms with Gasteiger partial charge in [0.25, 0.3) is 5.91 Å². The molecule has 0 aliphatic carbocycles. The van der Waals surface area contributed by atoms with Crippen molar-refractivity contribution in [1.29, 1.82) is 0 Å². The molecule has 0 unspecified atom stereocenters. The number of allylic oxidation sites excluding steroid dienone is 1. The van der Waals surface area contributed by atoms with E-state index < -0.39 is 5.91 Å². The van der Waals surface area contributed by atoms with Crippen LogP contribution in [0.2, 0.25) is 0 Å². The molecule has 1 amide bonds. The first-order valence-corrected chi connectivity index (χ1v) is 5.11. The van der Waals surface area contributed by atoms with Crippen molar-refractivity contribution in [2.24, 2.45) is 11.0 Å². The number of oxime groups is 1. The molecule has 0 aromatic heterocycles. The Hall–Kier alpha value is -2.14. The number of nitrogens with zero attached hydrogens (tertiary/aromatic N) is 1. The molecule has 3 N–H and O–H groups in total. The lowest BCUT2D eigenvalue weighted by Gasteiger charge is -1.98. The van der Waals surface area contributed by atoms with E-state index in [1.807, 2.05) is 41.8 Å². The number of nitrogens with one attached hydrogen (secondary N) is 1. The summed E-state index contributed by atoms with van der Waals surface area (Å²) in [4.78, 5) is 15.5. The lowest BCUT2D eigenvalue weighted by Crippen LogP contribution is -2.32. The van der Waals surface area contributed by atoms with E-state index in [0.29, 0.717) is 5.71 Å². The Kier molecular flexibility index (Phi) is 5.46. The van der Waals surface area contributed by atoms with Crippen LogP contribution in [0.25, 0.3) is 6.08 Å². The summed E-state index contributed by atoms with van der Waals surface area (Å²) in [5.74, 6) is 4.46. The quantitative estimate of drug-likeness (QED) is 0.346. The predicted molar refractivity (Wildman–Crippen MR) is 66.9 cm³/mol. The molecule has 0 saturated carbocycles. The second-order valence-electron chi connectivity index (χ2n) is 3.32. The average molecular weight is 233 g/mol. The Balaban J connectivity index is 2.43. The van der Waals surface area contributed by atoms with Gasteiger partial charge in [0.1, 0.15) is 0 Å². The van der Waals surface area contributed by atoms with Crippen molar-refractivity contribution >= 4 is 17.7 Å². The first kappa shape index (κ1) is 12.9. The maximum Gasteiger partial charge on any atom is 0.274 e. The first-order chi connectivity index (χ1) is 8.22. The minimum Gasteiger partial charge on any atom is -0.385 e. The largest absolute Gasteiger partial charge is 0.385 e. The van der Waals surface area contributed by atoms with Gasteiger partial charge in [-0.3, -0.25) is 10.2 Å². The SMILES string of the molecule is CC(/C=C/c1ccccc1)=N\OCC(=O)NN. The van der Waals surface area contributed by atoms with E-state index in [-0.39, 0.29) is 6.61 Å². The Morgan fingerprint density at radius 3 is 2.82 bits per heavy atom. The summed E-state index contributed by atoms with van der Waals surface area (Å²) in [5, 5.41) is 3.74. The monoisotopic (exact) mass is 233 g/mol. The van der Waals surface area contributed by atoms with Gasteiger partial charge >= 0.3 is 0 Å². The summed E-state index contributed by atoms with van der Waals surface area (Å²) in [6.45, 7) is 1.59. The highest BCUT2D eigenvalue weighted by atomic mass is 16.6. The number of hydrogen-bond donors (Lipinski definition) is 2. The molecule has 5 heteroatoms. The number of benzene rings is 1. The van der Waals surface area contributed by atoms with Gasteiger partial charge < -0.3 is 4.84 Å². The van der Waals surface area contributed by atoms with Crippen LogP contribution >= 0.6 is 0 Å². The van der Waals surface area contributed by atoms with Gasteiger partial charge in [-0.1, -0.05) is 41.6 Å². The molecule has 0 aliphatic heterocycles. The molecule has 0 heterocycles. The summed E-state index contributed by atoms with van der Waals surface area (Å²) in [6.07, 6.45) is 3.71. The third-order valence-corrected chi connectivity index (χ3v) is 1.88. The lowest BCUT2D eigenvalue weighted by molar-refractivity contribution is -0.125. The van der Waals surface area contributed by atoms with Crippen molar-refractivity contribution in [2.75, 3.05) is 6.61 Å². The van der Waals surface area contributed by atoms with Gasteiger partial charge in [-0.2, -0.15) is 0 Å². The van der Waals surface area contributed by atoms with Crippen molar-refractivity contribution < 1.29 is 9.63 Å². The third kappa shape index (κ3) is 5.48. The van der Waals surface area contributed by atoms with Crippen LogP contribution in [0.15, 0.2) is 41.6 Å². The van der Waals surface area contributed by atoms with Crippen LogP contribution < -0.4 is 11.3 Å². The standard InChI is InChI=1S/C12H15N3O2/c1-10(15-17-9-12(16)14-13)7-8-11-5-3-2-4-6-11/h2-8H,9,13H2,1H3,(H,14,16)/b8-7+,15-10+. The van der Waals surface area contributed by atoms with Crippen LogP contribution in [-0.2, 0) is 9.63 Å². The second-order valence-corrected chi connectivity index (χ2v) is 3.32. The number of amides is 1. The van der Waals surface area contributed by atoms with Gasteiger partial charge in [-0.25, -0.2) is 5.84 Å². The van der Waals surface area contributed by atoms with E-state index in [4.69, 9.17) is 10.7 Å². The molecular formula is C12H15N3O2. The fourth-order valence-electron chi connectivity index (χ4n) is 1.05. The Bertz CT molecular complexity index is 413. The van der Waals surface area contributed by atoms with Crippen LogP contribution in [0.3, 0.4) is 0 Å². The highest BCUT2D eigenvalue weighted by Gasteiger charge is 1.96. The number of hydrazine groups is 1. The molecule has 1 aromatic rings. The smallest absolute Gasteiger partial charge is 0.274 e. The molecule has 17 heavy (non-hydrogen) atoms. The van der Waals surface area contributed by atoms with Crippen molar-refractivity contribution in [2.45, 2.75) is 6.92 Å². The third-order valence-electron chi connectivity index (χ3n) is 1.88. The predicted octanol–water partition coefficient (Wildman–Crippen LogP) is 1.08. The zero-order valence-corrected chi connectivity index (χ0v) is 9.59. The summed E-state index contributed by atoms with van der Waals surface area (Å²) in [6, 6.07) is 9.81. The number of carbonyl (C=O) groups is 1. The van der Waals surface area contributed by atoms with E-state index in [0.717, 1.165) is 5.56 Å². The normalized spacial score (nSPS) is 11.5. The molecule has 0 atom stereocenters.